The van der Waals surface area contributed by atoms with Crippen LogP contribution in [0.1, 0.15) is 16.1 Å². The van der Waals surface area contributed by atoms with Crippen molar-refractivity contribution in [2.24, 2.45) is 0 Å². The maximum atomic E-state index is 13.2. The molecule has 2 heterocycles. The van der Waals surface area contributed by atoms with Gasteiger partial charge in [-0.2, -0.15) is 5.10 Å². The van der Waals surface area contributed by atoms with Crippen LogP contribution in [0.15, 0.2) is 42.7 Å². The van der Waals surface area contributed by atoms with Crippen molar-refractivity contribution in [2.45, 2.75) is 6.54 Å². The van der Waals surface area contributed by atoms with Gasteiger partial charge in [0.25, 0.3) is 5.91 Å². The summed E-state index contributed by atoms with van der Waals surface area (Å²) in [6.45, 7) is 0.366. The predicted molar refractivity (Wildman–Crippen MR) is 71.5 cm³/mol. The summed E-state index contributed by atoms with van der Waals surface area (Å²) in [6.07, 6.45) is 3.31. The van der Waals surface area contributed by atoms with E-state index in [0.29, 0.717) is 17.4 Å². The molecule has 0 unspecified atom stereocenters. The van der Waals surface area contributed by atoms with Crippen molar-refractivity contribution in [1.29, 1.82) is 0 Å². The quantitative estimate of drug-likeness (QED) is 0.765. The van der Waals surface area contributed by atoms with Gasteiger partial charge in [-0.15, -0.1) is 0 Å². The van der Waals surface area contributed by atoms with Crippen LogP contribution in [-0.4, -0.2) is 21.1 Å². The van der Waals surface area contributed by atoms with Gasteiger partial charge in [0.1, 0.15) is 5.82 Å². The molecule has 6 heteroatoms. The third kappa shape index (κ3) is 2.35. The molecule has 0 saturated heterocycles. The second kappa shape index (κ2) is 5.08. The van der Waals surface area contributed by atoms with Gasteiger partial charge in [0.05, 0.1) is 5.52 Å². The molecular formula is C14H11FN4O. The number of carbonyl (C=O) groups is 1. The van der Waals surface area contributed by atoms with E-state index in [0.717, 1.165) is 5.56 Å². The fourth-order valence-electron chi connectivity index (χ4n) is 1.93. The van der Waals surface area contributed by atoms with E-state index in [-0.39, 0.29) is 11.6 Å². The smallest absolute Gasteiger partial charge is 0.272 e. The summed E-state index contributed by atoms with van der Waals surface area (Å²) >= 11 is 0. The maximum absolute atomic E-state index is 13.2. The Morgan fingerprint density at radius 3 is 2.85 bits per heavy atom. The molecule has 2 N–H and O–H groups in total. The highest BCUT2D eigenvalue weighted by atomic mass is 19.1. The van der Waals surface area contributed by atoms with E-state index in [1.165, 1.54) is 12.1 Å². The van der Waals surface area contributed by atoms with E-state index >= 15 is 0 Å². The average molecular weight is 270 g/mol. The van der Waals surface area contributed by atoms with Crippen LogP contribution in [0, 0.1) is 5.82 Å². The Hall–Kier alpha value is -2.76. The Kier molecular flexibility index (Phi) is 3.12. The highest BCUT2D eigenvalue weighted by molar-refractivity contribution is 6.04. The van der Waals surface area contributed by atoms with E-state index in [9.17, 15) is 9.18 Å². The van der Waals surface area contributed by atoms with E-state index in [4.69, 9.17) is 0 Å². The van der Waals surface area contributed by atoms with Crippen molar-refractivity contribution < 1.29 is 9.18 Å². The molecule has 1 amide bonds. The molecule has 0 aliphatic rings. The number of nitrogens with zero attached hydrogens (tertiary/aromatic N) is 2. The van der Waals surface area contributed by atoms with Crippen LogP contribution in [0.3, 0.4) is 0 Å². The molecular weight excluding hydrogens is 259 g/mol. The number of amides is 1. The van der Waals surface area contributed by atoms with Gasteiger partial charge >= 0.3 is 0 Å². The summed E-state index contributed by atoms with van der Waals surface area (Å²) in [7, 11) is 0. The minimum absolute atomic E-state index is 0.188. The largest absolute Gasteiger partial charge is 0.347 e. The lowest BCUT2D eigenvalue weighted by Gasteiger charge is -2.03. The van der Waals surface area contributed by atoms with Crippen LogP contribution < -0.4 is 5.32 Å². The van der Waals surface area contributed by atoms with Crippen LogP contribution in [-0.2, 0) is 6.54 Å². The molecule has 0 radical (unpaired) electrons. The number of benzene rings is 1. The van der Waals surface area contributed by atoms with Gasteiger partial charge in [0.15, 0.2) is 5.69 Å². The molecule has 0 saturated carbocycles. The molecule has 20 heavy (non-hydrogen) atoms. The van der Waals surface area contributed by atoms with Crippen molar-refractivity contribution in [2.75, 3.05) is 0 Å². The van der Waals surface area contributed by atoms with Gasteiger partial charge in [-0.25, -0.2) is 4.39 Å². The van der Waals surface area contributed by atoms with Crippen LogP contribution in [0.5, 0.6) is 0 Å². The lowest BCUT2D eigenvalue weighted by molar-refractivity contribution is 0.0947. The standard InChI is InChI=1S/C14H11FN4O/c15-10-1-2-12-11(7-10)13(19-18-12)14(20)17-8-9-3-5-16-6-4-9/h1-7H,8H2,(H,17,20)(H,18,19). The summed E-state index contributed by atoms with van der Waals surface area (Å²) < 4.78 is 13.2. The molecule has 0 fully saturated rings. The number of hydrogen-bond donors (Lipinski definition) is 2. The highest BCUT2D eigenvalue weighted by Gasteiger charge is 2.14. The average Bonchev–Trinajstić information content (AvgIpc) is 2.89. The molecule has 0 atom stereocenters. The van der Waals surface area contributed by atoms with E-state index in [2.05, 4.69) is 20.5 Å². The maximum Gasteiger partial charge on any atom is 0.272 e. The van der Waals surface area contributed by atoms with Crippen LogP contribution in [0.25, 0.3) is 10.9 Å². The minimum Gasteiger partial charge on any atom is -0.347 e. The molecule has 1 aromatic carbocycles. The normalized spacial score (nSPS) is 10.7. The summed E-state index contributed by atoms with van der Waals surface area (Å²) in [5.74, 6) is -0.749. The number of aromatic nitrogens is 3. The second-order valence-electron chi connectivity index (χ2n) is 4.30. The van der Waals surface area contributed by atoms with E-state index < -0.39 is 5.82 Å². The van der Waals surface area contributed by atoms with Crippen molar-refractivity contribution in [1.82, 2.24) is 20.5 Å². The topological polar surface area (TPSA) is 70.7 Å². The molecule has 5 nitrogen and oxygen atoms in total. The summed E-state index contributed by atoms with van der Waals surface area (Å²) in [4.78, 5) is 16.0. The van der Waals surface area contributed by atoms with Gasteiger partial charge in [0, 0.05) is 24.3 Å². The van der Waals surface area contributed by atoms with Gasteiger partial charge in [-0.1, -0.05) is 0 Å². The predicted octanol–water partition coefficient (Wildman–Crippen LogP) is 2.03. The Morgan fingerprint density at radius 1 is 1.25 bits per heavy atom. The first kappa shape index (κ1) is 12.3. The first-order chi connectivity index (χ1) is 9.74. The van der Waals surface area contributed by atoms with Crippen molar-refractivity contribution in [3.8, 4) is 0 Å². The SMILES string of the molecule is O=C(NCc1ccncc1)c1n[nH]c2ccc(F)cc12. The highest BCUT2D eigenvalue weighted by Crippen LogP contribution is 2.17. The number of H-pyrrole nitrogens is 1. The zero-order valence-electron chi connectivity index (χ0n) is 10.4. The fourth-order valence-corrected chi connectivity index (χ4v) is 1.93. The zero-order chi connectivity index (χ0) is 13.9. The van der Waals surface area contributed by atoms with Gasteiger partial charge in [-0.3, -0.25) is 14.9 Å². The van der Waals surface area contributed by atoms with E-state index in [1.807, 2.05) is 12.1 Å². The zero-order valence-corrected chi connectivity index (χ0v) is 10.4. The molecule has 3 rings (SSSR count). The first-order valence-electron chi connectivity index (χ1n) is 6.05. The molecule has 3 aromatic rings. The Morgan fingerprint density at radius 2 is 2.05 bits per heavy atom. The summed E-state index contributed by atoms with van der Waals surface area (Å²) in [5, 5.41) is 9.85. The number of nitrogens with one attached hydrogen (secondary N) is 2. The van der Waals surface area contributed by atoms with Gasteiger partial charge in [-0.05, 0) is 35.9 Å². The lowest BCUT2D eigenvalue weighted by atomic mass is 10.2. The molecule has 100 valence electrons. The Labute approximate surface area is 113 Å². The molecule has 2 aromatic heterocycles. The number of aromatic amines is 1. The third-order valence-corrected chi connectivity index (χ3v) is 2.94. The van der Waals surface area contributed by atoms with Crippen molar-refractivity contribution in [3.63, 3.8) is 0 Å². The number of hydrogen-bond acceptors (Lipinski definition) is 3. The fraction of sp³-hybridized carbons (Fsp3) is 0.0714. The molecule has 0 spiro atoms. The molecule has 0 aliphatic carbocycles. The van der Waals surface area contributed by atoms with Crippen LogP contribution in [0.2, 0.25) is 0 Å². The van der Waals surface area contributed by atoms with Crippen molar-refractivity contribution >= 4 is 16.8 Å². The number of rotatable bonds is 3. The first-order valence-corrected chi connectivity index (χ1v) is 6.05. The Balaban J connectivity index is 1.80. The third-order valence-electron chi connectivity index (χ3n) is 2.94. The number of pyridine rings is 1. The summed E-state index contributed by atoms with van der Waals surface area (Å²) in [5.41, 5.74) is 1.74. The number of fused-ring (bicyclic) bond motifs is 1. The molecule has 0 aliphatic heterocycles. The van der Waals surface area contributed by atoms with Crippen molar-refractivity contribution in [3.05, 3.63) is 59.8 Å². The molecule has 0 bridgehead atoms. The van der Waals surface area contributed by atoms with Crippen LogP contribution >= 0.6 is 0 Å². The Bertz CT molecular complexity index is 754. The number of carbonyl (C=O) groups excluding carboxylic acids is 1. The second-order valence-corrected chi connectivity index (χ2v) is 4.30. The summed E-state index contributed by atoms with van der Waals surface area (Å²) in [6, 6.07) is 7.78. The van der Waals surface area contributed by atoms with Gasteiger partial charge < -0.3 is 5.32 Å². The van der Waals surface area contributed by atoms with Crippen LogP contribution in [0.4, 0.5) is 4.39 Å². The minimum atomic E-state index is -0.401. The monoisotopic (exact) mass is 270 g/mol. The van der Waals surface area contributed by atoms with Gasteiger partial charge in [0.2, 0.25) is 0 Å². The number of halogens is 1. The lowest BCUT2D eigenvalue weighted by Crippen LogP contribution is -2.23. The van der Waals surface area contributed by atoms with E-state index in [1.54, 1.807) is 18.5 Å².